The Morgan fingerprint density at radius 2 is 0.524 bits per heavy atom. The first-order valence-electron chi connectivity index (χ1n) is 40.1. The second-order valence-corrected chi connectivity index (χ2v) is 31.5. The number of hydrogen-bond donors (Lipinski definition) is 2. The van der Waals surface area contributed by atoms with Crippen LogP contribution in [-0.4, -0.2) is 60.8 Å². The van der Waals surface area contributed by atoms with Gasteiger partial charge < -0.3 is 48.1 Å². The van der Waals surface area contributed by atoms with Gasteiger partial charge in [0, 0.05) is 0 Å². The van der Waals surface area contributed by atoms with Crippen LogP contribution in [-0.2, 0) is 18.9 Å². The average molecular weight is 1420 g/mol. The summed E-state index contributed by atoms with van der Waals surface area (Å²) >= 11 is 0. The quantitative estimate of drug-likeness (QED) is 0.0423. The molecule has 6 aromatic carbocycles. The highest BCUT2D eigenvalue weighted by Crippen LogP contribution is 2.39. The van der Waals surface area contributed by atoms with Crippen molar-refractivity contribution >= 4 is 0 Å². The second-order valence-electron chi connectivity index (χ2n) is 31.5. The Kier molecular flexibility index (Phi) is 44.0. The summed E-state index contributed by atoms with van der Waals surface area (Å²) in [5.74, 6) is 10.6. The molecular formula is C93H146O10. The SMILES string of the molecule is CCC(C)c1ccc(O)cc1.CCC(C)c1ccc(O)cc1.CCC(C)c1ccc(OC(C)OC2CCC(C(C)(C)C)CC2)cc1.CCC(C)c1ccc(OC(C)OC2CCC(C)CC2)cc1.CCC(C)c1ccc(OC(C)OCC(C)C)cc1.CCC(C)c1ccc(OC(C)OCC(C)C)cc1. The first-order chi connectivity index (χ1) is 48.9. The molecule has 2 fully saturated rings. The Labute approximate surface area is 629 Å². The lowest BCUT2D eigenvalue weighted by Crippen LogP contribution is -2.32. The summed E-state index contributed by atoms with van der Waals surface area (Å²) in [4.78, 5) is 0. The van der Waals surface area contributed by atoms with Gasteiger partial charge in [-0.1, -0.05) is 211 Å². The molecule has 0 aliphatic heterocycles. The minimum Gasteiger partial charge on any atom is -0.508 e. The maximum Gasteiger partial charge on any atom is 0.197 e. The highest BCUT2D eigenvalue weighted by Gasteiger charge is 2.31. The van der Waals surface area contributed by atoms with Crippen molar-refractivity contribution in [2.75, 3.05) is 13.2 Å². The van der Waals surface area contributed by atoms with Gasteiger partial charge >= 0.3 is 0 Å². The lowest BCUT2D eigenvalue weighted by molar-refractivity contribution is -0.123. The van der Waals surface area contributed by atoms with Crippen molar-refractivity contribution in [3.63, 3.8) is 0 Å². The lowest BCUT2D eigenvalue weighted by atomic mass is 9.72. The van der Waals surface area contributed by atoms with E-state index < -0.39 is 0 Å². The first kappa shape index (κ1) is 91.2. The normalized spacial score (nSPS) is 18.7. The molecule has 10 atom stereocenters. The van der Waals surface area contributed by atoms with Gasteiger partial charge in [-0.3, -0.25) is 0 Å². The molecule has 10 heteroatoms. The second kappa shape index (κ2) is 49.7. The number of phenolic OH excluding ortho intramolecular Hbond substituents is 2. The van der Waals surface area contributed by atoms with E-state index in [0.29, 0.717) is 76.5 Å². The van der Waals surface area contributed by atoms with Crippen LogP contribution in [0.4, 0.5) is 0 Å². The topological polar surface area (TPSA) is 114 Å². The molecule has 0 saturated heterocycles. The van der Waals surface area contributed by atoms with Gasteiger partial charge in [0.05, 0.1) is 25.4 Å². The molecule has 2 saturated carbocycles. The van der Waals surface area contributed by atoms with E-state index in [2.05, 4.69) is 211 Å². The van der Waals surface area contributed by atoms with Crippen LogP contribution >= 0.6 is 0 Å². The molecule has 0 amide bonds. The molecule has 0 spiro atoms. The summed E-state index contributed by atoms with van der Waals surface area (Å²) in [5.41, 5.74) is 8.49. The molecule has 6 aromatic rings. The largest absolute Gasteiger partial charge is 0.508 e. The number of ether oxygens (including phenoxy) is 8. The summed E-state index contributed by atoms with van der Waals surface area (Å²) in [6, 6.07) is 48.4. The Morgan fingerprint density at radius 3 is 0.738 bits per heavy atom. The minimum absolute atomic E-state index is 0.169. The number of phenols is 2. The van der Waals surface area contributed by atoms with Crippen molar-refractivity contribution in [3.05, 3.63) is 179 Å². The molecule has 103 heavy (non-hydrogen) atoms. The fraction of sp³-hybridized carbons (Fsp3) is 0.613. The predicted molar refractivity (Wildman–Crippen MR) is 435 cm³/mol. The van der Waals surface area contributed by atoms with Gasteiger partial charge in [-0.15, -0.1) is 0 Å². The van der Waals surface area contributed by atoms with Gasteiger partial charge in [0.1, 0.15) is 34.5 Å². The maximum atomic E-state index is 9.01. The average Bonchev–Trinajstić information content (AvgIpc) is 0.877. The van der Waals surface area contributed by atoms with Crippen LogP contribution in [0.25, 0.3) is 0 Å². The van der Waals surface area contributed by atoms with Gasteiger partial charge in [-0.2, -0.15) is 0 Å². The van der Waals surface area contributed by atoms with Crippen molar-refractivity contribution in [1.82, 2.24) is 0 Å². The highest BCUT2D eigenvalue weighted by molar-refractivity contribution is 5.33. The van der Waals surface area contributed by atoms with E-state index in [0.717, 1.165) is 93.0 Å². The van der Waals surface area contributed by atoms with Crippen LogP contribution in [0, 0.1) is 29.1 Å². The Balaban J connectivity index is 0.000000327. The third-order valence-corrected chi connectivity index (χ3v) is 20.6. The standard InChI is InChI=1S/C22H36O2.C19H30O2.2C16H26O2.2C10H14O/c1-7-16(2)18-8-12-20(13-9-18)23-17(3)24-21-14-10-19(11-15-21)22(4,5)6;1-5-15(3)17-8-12-19(13-9-17)21-16(4)20-18-10-6-14(2)7-11-18;2*1-6-13(4)15-7-9-16(10-8-15)18-14(5)17-11-12(2)3;2*1-3-8(2)9-4-6-10(11)7-5-9/h8-9,12-13,16-17,19,21H,7,10-11,14-15H2,1-6H3;8-9,12-16,18H,5-7,10-11H2,1-4H3;2*7-10,12-14H,6,11H2,1-5H3;2*4-8,11H,3H2,1-2H3. The molecular weight excluding hydrogens is 1280 g/mol. The summed E-state index contributed by atoms with van der Waals surface area (Å²) in [6.07, 6.45) is 16.7. The van der Waals surface area contributed by atoms with E-state index in [4.69, 9.17) is 48.1 Å². The molecule has 578 valence electrons. The van der Waals surface area contributed by atoms with E-state index in [1.807, 2.05) is 76.2 Å². The van der Waals surface area contributed by atoms with Gasteiger partial charge in [0.2, 0.25) is 0 Å². The van der Waals surface area contributed by atoms with Crippen molar-refractivity contribution in [1.29, 1.82) is 0 Å². The van der Waals surface area contributed by atoms with E-state index in [1.165, 1.54) is 78.3 Å². The van der Waals surface area contributed by atoms with Crippen molar-refractivity contribution in [2.24, 2.45) is 29.1 Å². The summed E-state index contributed by atoms with van der Waals surface area (Å²) in [7, 11) is 0. The highest BCUT2D eigenvalue weighted by atomic mass is 16.7. The van der Waals surface area contributed by atoms with E-state index in [-0.39, 0.29) is 25.2 Å². The van der Waals surface area contributed by atoms with Crippen LogP contribution in [0.3, 0.4) is 0 Å². The van der Waals surface area contributed by atoms with E-state index >= 15 is 0 Å². The van der Waals surface area contributed by atoms with Crippen molar-refractivity contribution < 1.29 is 48.1 Å². The van der Waals surface area contributed by atoms with Crippen molar-refractivity contribution in [2.45, 2.75) is 329 Å². The number of rotatable bonds is 30. The zero-order valence-electron chi connectivity index (χ0n) is 69.1. The summed E-state index contributed by atoms with van der Waals surface area (Å²) in [5, 5.41) is 18.0. The molecule has 2 N–H and O–H groups in total. The summed E-state index contributed by atoms with van der Waals surface area (Å²) in [6.45, 7) is 53.8. The third kappa shape index (κ3) is 37.7. The van der Waals surface area contributed by atoms with Crippen LogP contribution in [0.1, 0.15) is 325 Å². The van der Waals surface area contributed by atoms with Gasteiger partial charge in [0.15, 0.2) is 25.2 Å². The minimum atomic E-state index is -0.193. The van der Waals surface area contributed by atoms with Crippen molar-refractivity contribution in [3.8, 4) is 34.5 Å². The Morgan fingerprint density at radius 1 is 0.311 bits per heavy atom. The fourth-order valence-corrected chi connectivity index (χ4v) is 12.0. The molecule has 8 rings (SSSR count). The van der Waals surface area contributed by atoms with Crippen LogP contribution in [0.5, 0.6) is 34.5 Å². The molecule has 0 aromatic heterocycles. The predicted octanol–water partition coefficient (Wildman–Crippen LogP) is 27.1. The first-order valence-corrected chi connectivity index (χ1v) is 40.1. The van der Waals surface area contributed by atoms with Gasteiger partial charge in [-0.25, -0.2) is 0 Å². The van der Waals surface area contributed by atoms with Gasteiger partial charge in [-0.05, 0) is 288 Å². The lowest BCUT2D eigenvalue weighted by Gasteiger charge is -2.37. The maximum absolute atomic E-state index is 9.01. The Hall–Kier alpha value is -6.04. The Bertz CT molecular complexity index is 2910. The number of hydrogen-bond acceptors (Lipinski definition) is 10. The molecule has 0 radical (unpaired) electrons. The molecule has 10 nitrogen and oxygen atoms in total. The van der Waals surface area contributed by atoms with Crippen LogP contribution in [0.2, 0.25) is 0 Å². The van der Waals surface area contributed by atoms with Crippen LogP contribution < -0.4 is 18.9 Å². The molecule has 10 unspecified atom stereocenters. The van der Waals surface area contributed by atoms with E-state index in [9.17, 15) is 0 Å². The van der Waals surface area contributed by atoms with Crippen LogP contribution in [0.15, 0.2) is 146 Å². The van der Waals surface area contributed by atoms with Gasteiger partial charge in [0.25, 0.3) is 0 Å². The summed E-state index contributed by atoms with van der Waals surface area (Å²) < 4.78 is 46.6. The number of aromatic hydroxyl groups is 2. The van der Waals surface area contributed by atoms with E-state index in [1.54, 1.807) is 24.3 Å². The number of benzene rings is 6. The molecule has 2 aliphatic rings. The zero-order valence-corrected chi connectivity index (χ0v) is 69.1. The molecule has 0 bridgehead atoms. The monoisotopic (exact) mass is 1420 g/mol. The third-order valence-electron chi connectivity index (χ3n) is 20.6. The molecule has 2 aliphatic carbocycles. The molecule has 0 heterocycles. The zero-order chi connectivity index (χ0) is 76.6. The smallest absolute Gasteiger partial charge is 0.197 e. The fourth-order valence-electron chi connectivity index (χ4n) is 12.0.